The number of nitrogens with zero attached hydrogens (tertiary/aromatic N) is 2. The maximum Gasteiger partial charge on any atom is 0.123 e. The van der Waals surface area contributed by atoms with Gasteiger partial charge in [0.1, 0.15) is 5.82 Å². The van der Waals surface area contributed by atoms with Crippen molar-refractivity contribution in [2.24, 2.45) is 0 Å². The molecular weight excluding hydrogens is 458 g/mol. The first kappa shape index (κ1) is 22.4. The van der Waals surface area contributed by atoms with Crippen molar-refractivity contribution < 1.29 is 9.50 Å². The number of hydrogen-bond donors (Lipinski definition) is 1. The topological polar surface area (TPSA) is 26.7 Å². The lowest BCUT2D eigenvalue weighted by molar-refractivity contribution is 0.100. The van der Waals surface area contributed by atoms with Crippen molar-refractivity contribution in [3.8, 4) is 0 Å². The number of rotatable bonds is 5. The van der Waals surface area contributed by atoms with Gasteiger partial charge in [-0.2, -0.15) is 0 Å². The smallest absolute Gasteiger partial charge is 0.123 e. The summed E-state index contributed by atoms with van der Waals surface area (Å²) in [6.07, 6.45) is -0.771. The molecule has 162 valence electrons. The van der Waals surface area contributed by atoms with Gasteiger partial charge in [-0.3, -0.25) is 4.90 Å². The van der Waals surface area contributed by atoms with Crippen molar-refractivity contribution in [2.45, 2.75) is 12.1 Å². The Morgan fingerprint density at radius 3 is 2.39 bits per heavy atom. The number of piperazine rings is 1. The number of halogens is 4. The van der Waals surface area contributed by atoms with Crippen LogP contribution < -0.4 is 4.90 Å². The van der Waals surface area contributed by atoms with Gasteiger partial charge in [0, 0.05) is 36.2 Å². The predicted molar refractivity (Wildman–Crippen MR) is 126 cm³/mol. The Morgan fingerprint density at radius 2 is 1.68 bits per heavy atom. The minimum absolute atomic E-state index is 0.00408. The lowest BCUT2D eigenvalue weighted by Gasteiger charge is -2.44. The maximum atomic E-state index is 13.6. The first-order valence-electron chi connectivity index (χ1n) is 10.0. The Labute approximate surface area is 196 Å². The highest BCUT2D eigenvalue weighted by molar-refractivity contribution is 6.36. The molecule has 0 saturated carbocycles. The molecule has 0 aliphatic carbocycles. The predicted octanol–water partition coefficient (Wildman–Crippen LogP) is 6.38. The zero-order chi connectivity index (χ0) is 22.0. The molecular formula is C24H22Cl3FN2O. The molecule has 1 heterocycles. The molecule has 7 heteroatoms. The van der Waals surface area contributed by atoms with Crippen molar-refractivity contribution in [3.63, 3.8) is 0 Å². The number of anilines is 1. The van der Waals surface area contributed by atoms with E-state index in [9.17, 15) is 9.50 Å². The molecule has 3 aromatic carbocycles. The maximum absolute atomic E-state index is 13.6. The standard InChI is InChI=1S/C24H22Cl3FN2O/c25-18-6-4-16(5-7-18)23-14-29(15-24(31)17-2-1-3-20(28)12-17)10-11-30(23)22-9-8-19(26)13-21(22)27/h1-9,12-13,23-24,31H,10-11,14-15H2/t23-,24?/m0/s1. The molecule has 1 saturated heterocycles. The average molecular weight is 480 g/mol. The average Bonchev–Trinajstić information content (AvgIpc) is 2.75. The van der Waals surface area contributed by atoms with Gasteiger partial charge in [-0.15, -0.1) is 0 Å². The highest BCUT2D eigenvalue weighted by Gasteiger charge is 2.30. The normalized spacial score (nSPS) is 18.2. The zero-order valence-corrected chi connectivity index (χ0v) is 19.0. The van der Waals surface area contributed by atoms with Gasteiger partial charge in [-0.1, -0.05) is 59.1 Å². The summed E-state index contributed by atoms with van der Waals surface area (Å²) < 4.78 is 13.6. The van der Waals surface area contributed by atoms with Crippen molar-refractivity contribution >= 4 is 40.5 Å². The zero-order valence-electron chi connectivity index (χ0n) is 16.7. The second-order valence-electron chi connectivity index (χ2n) is 7.69. The van der Waals surface area contributed by atoms with Gasteiger partial charge < -0.3 is 10.0 Å². The van der Waals surface area contributed by atoms with Crippen LogP contribution in [-0.4, -0.2) is 36.2 Å². The molecule has 0 radical (unpaired) electrons. The van der Waals surface area contributed by atoms with Crippen molar-refractivity contribution in [2.75, 3.05) is 31.1 Å². The van der Waals surface area contributed by atoms with E-state index in [1.165, 1.54) is 12.1 Å². The van der Waals surface area contributed by atoms with E-state index in [1.807, 2.05) is 36.4 Å². The first-order valence-corrected chi connectivity index (χ1v) is 11.2. The SMILES string of the molecule is OC(CN1CCN(c2ccc(Cl)cc2Cl)[C@H](c2ccc(Cl)cc2)C1)c1cccc(F)c1. The van der Waals surface area contributed by atoms with Gasteiger partial charge >= 0.3 is 0 Å². The molecule has 31 heavy (non-hydrogen) atoms. The van der Waals surface area contributed by atoms with Gasteiger partial charge in [0.2, 0.25) is 0 Å². The molecule has 1 aliphatic heterocycles. The number of hydrogen-bond acceptors (Lipinski definition) is 3. The molecule has 1 fully saturated rings. The van der Waals surface area contributed by atoms with Gasteiger partial charge in [-0.25, -0.2) is 4.39 Å². The summed E-state index contributed by atoms with van der Waals surface area (Å²) in [7, 11) is 0. The van der Waals surface area contributed by atoms with E-state index in [4.69, 9.17) is 34.8 Å². The molecule has 0 amide bonds. The molecule has 2 atom stereocenters. The van der Waals surface area contributed by atoms with E-state index < -0.39 is 6.10 Å². The van der Waals surface area contributed by atoms with Crippen LogP contribution >= 0.6 is 34.8 Å². The molecule has 0 bridgehead atoms. The molecule has 1 aliphatic rings. The van der Waals surface area contributed by atoms with E-state index >= 15 is 0 Å². The second kappa shape index (κ2) is 9.76. The Morgan fingerprint density at radius 1 is 0.935 bits per heavy atom. The van der Waals surface area contributed by atoms with Gasteiger partial charge in [0.05, 0.1) is 22.9 Å². The Bertz CT molecular complexity index is 1050. The molecule has 0 spiro atoms. The Hall–Kier alpha value is -1.82. The van der Waals surface area contributed by atoms with Crippen LogP contribution in [0.2, 0.25) is 15.1 Å². The molecule has 3 aromatic rings. The minimum Gasteiger partial charge on any atom is -0.387 e. The van der Waals surface area contributed by atoms with Crippen LogP contribution in [0.5, 0.6) is 0 Å². The first-order chi connectivity index (χ1) is 14.9. The Kier molecular flexibility index (Phi) is 7.05. The summed E-state index contributed by atoms with van der Waals surface area (Å²) in [6.45, 7) is 2.53. The molecule has 0 aromatic heterocycles. The Balaban J connectivity index is 1.58. The second-order valence-corrected chi connectivity index (χ2v) is 8.97. The van der Waals surface area contributed by atoms with E-state index in [2.05, 4.69) is 9.80 Å². The highest BCUT2D eigenvalue weighted by atomic mass is 35.5. The van der Waals surface area contributed by atoms with Crippen molar-refractivity contribution in [3.05, 3.63) is 98.7 Å². The molecule has 1 N–H and O–H groups in total. The van der Waals surface area contributed by atoms with Crippen LogP contribution in [-0.2, 0) is 0 Å². The third kappa shape index (κ3) is 5.33. The van der Waals surface area contributed by atoms with E-state index in [0.717, 1.165) is 17.8 Å². The van der Waals surface area contributed by atoms with Crippen LogP contribution in [0.3, 0.4) is 0 Å². The number of benzene rings is 3. The van der Waals surface area contributed by atoms with E-state index in [-0.39, 0.29) is 11.9 Å². The summed E-state index contributed by atoms with van der Waals surface area (Å²) in [5.74, 6) is -0.349. The fourth-order valence-corrected chi connectivity index (χ4v) is 4.68. The lowest BCUT2D eigenvalue weighted by Crippen LogP contribution is -2.49. The number of β-amino-alcohol motifs (C(OH)–C–C–N with tert-alkyl or cyclic N) is 1. The monoisotopic (exact) mass is 478 g/mol. The number of aliphatic hydroxyl groups is 1. The third-order valence-corrected chi connectivity index (χ3v) is 6.39. The van der Waals surface area contributed by atoms with E-state index in [1.54, 1.807) is 18.2 Å². The minimum atomic E-state index is -0.771. The van der Waals surface area contributed by atoms with Crippen molar-refractivity contribution in [1.82, 2.24) is 4.90 Å². The summed E-state index contributed by atoms with van der Waals surface area (Å²) in [4.78, 5) is 4.45. The van der Waals surface area contributed by atoms with Gasteiger partial charge in [0.15, 0.2) is 0 Å². The largest absolute Gasteiger partial charge is 0.387 e. The van der Waals surface area contributed by atoms with Crippen LogP contribution in [0, 0.1) is 5.82 Å². The van der Waals surface area contributed by atoms with Crippen LogP contribution in [0.1, 0.15) is 23.3 Å². The van der Waals surface area contributed by atoms with E-state index in [0.29, 0.717) is 40.3 Å². The van der Waals surface area contributed by atoms with Crippen LogP contribution in [0.15, 0.2) is 66.7 Å². The quantitative estimate of drug-likeness (QED) is 0.460. The summed E-state index contributed by atoms with van der Waals surface area (Å²) >= 11 is 18.7. The lowest BCUT2D eigenvalue weighted by atomic mass is 10.00. The van der Waals surface area contributed by atoms with Crippen molar-refractivity contribution in [1.29, 1.82) is 0 Å². The fraction of sp³-hybridized carbons (Fsp3) is 0.250. The highest BCUT2D eigenvalue weighted by Crippen LogP contribution is 2.37. The molecule has 3 nitrogen and oxygen atoms in total. The van der Waals surface area contributed by atoms with Crippen LogP contribution in [0.4, 0.5) is 10.1 Å². The molecule has 4 rings (SSSR count). The molecule has 1 unspecified atom stereocenters. The van der Waals surface area contributed by atoms with Crippen LogP contribution in [0.25, 0.3) is 0 Å². The fourth-order valence-electron chi connectivity index (χ4n) is 4.04. The van der Waals surface area contributed by atoms with Gasteiger partial charge in [-0.05, 0) is 53.6 Å². The third-order valence-electron chi connectivity index (χ3n) is 5.60. The van der Waals surface area contributed by atoms with Gasteiger partial charge in [0.25, 0.3) is 0 Å². The number of aliphatic hydroxyl groups excluding tert-OH is 1. The summed E-state index contributed by atoms with van der Waals surface area (Å²) in [6, 6.07) is 19.4. The summed E-state index contributed by atoms with van der Waals surface area (Å²) in [5.41, 5.74) is 2.59. The summed E-state index contributed by atoms with van der Waals surface area (Å²) in [5, 5.41) is 12.5.